The van der Waals surface area contributed by atoms with E-state index < -0.39 is 21.9 Å². The Bertz CT molecular complexity index is 1320. The molecule has 1 aromatic heterocycles. The van der Waals surface area contributed by atoms with Crippen molar-refractivity contribution in [2.75, 3.05) is 11.0 Å². The number of alkyl halides is 3. The molecular formula is C21H16F3N3O2S. The maximum Gasteiger partial charge on any atom is 0.435 e. The van der Waals surface area contributed by atoms with Crippen molar-refractivity contribution in [1.29, 1.82) is 0 Å². The highest BCUT2D eigenvalue weighted by Gasteiger charge is 2.35. The van der Waals surface area contributed by atoms with Crippen molar-refractivity contribution >= 4 is 26.5 Å². The van der Waals surface area contributed by atoms with Crippen LogP contribution in [0.5, 0.6) is 0 Å². The number of fused-ring (bicyclic) bond motifs is 1. The summed E-state index contributed by atoms with van der Waals surface area (Å²) in [5.41, 5.74) is 0.546. The number of nitrogens with one attached hydrogen (secondary N) is 1. The second-order valence-electron chi connectivity index (χ2n) is 6.77. The largest absolute Gasteiger partial charge is 0.435 e. The second-order valence-corrected chi connectivity index (χ2v) is 8.52. The molecule has 0 aliphatic heterocycles. The Balaban J connectivity index is 1.89. The fourth-order valence-corrected chi connectivity index (χ4v) is 3.81. The van der Waals surface area contributed by atoms with E-state index >= 15 is 0 Å². The molecular weight excluding hydrogens is 415 g/mol. The molecule has 0 saturated heterocycles. The molecule has 0 radical (unpaired) electrons. The highest BCUT2D eigenvalue weighted by molar-refractivity contribution is 7.92. The summed E-state index contributed by atoms with van der Waals surface area (Å²) in [7, 11) is -3.47. The third kappa shape index (κ3) is 4.02. The van der Waals surface area contributed by atoms with Gasteiger partial charge in [0.25, 0.3) is 0 Å². The quantitative estimate of drug-likeness (QED) is 0.490. The molecule has 0 spiro atoms. The molecule has 154 valence electrons. The van der Waals surface area contributed by atoms with Gasteiger partial charge in [0.2, 0.25) is 10.0 Å². The molecule has 1 heterocycles. The first-order valence-corrected chi connectivity index (χ1v) is 10.7. The van der Waals surface area contributed by atoms with Crippen LogP contribution in [0.15, 0.2) is 72.8 Å². The van der Waals surface area contributed by atoms with Crippen LogP contribution in [-0.4, -0.2) is 24.5 Å². The molecule has 0 aliphatic rings. The number of rotatable bonds is 4. The summed E-state index contributed by atoms with van der Waals surface area (Å²) < 4.78 is 66.6. The smallest absolute Gasteiger partial charge is 0.284 e. The Hall–Kier alpha value is -3.33. The van der Waals surface area contributed by atoms with Crippen molar-refractivity contribution in [3.63, 3.8) is 0 Å². The first kappa shape index (κ1) is 20.0. The lowest BCUT2D eigenvalue weighted by molar-refractivity contribution is -0.141. The number of halogens is 3. The molecule has 9 heteroatoms. The number of benzene rings is 3. The normalized spacial score (nSPS) is 12.3. The predicted molar refractivity (Wildman–Crippen MR) is 110 cm³/mol. The van der Waals surface area contributed by atoms with Crippen molar-refractivity contribution in [2.24, 2.45) is 0 Å². The monoisotopic (exact) mass is 431 g/mol. The maximum atomic E-state index is 13.4. The lowest BCUT2D eigenvalue weighted by Crippen LogP contribution is -2.10. The first-order chi connectivity index (χ1) is 14.1. The number of aromatic nitrogens is 2. The van der Waals surface area contributed by atoms with Gasteiger partial charge in [0, 0.05) is 11.3 Å². The summed E-state index contributed by atoms with van der Waals surface area (Å²) in [6, 6.07) is 19.8. The van der Waals surface area contributed by atoms with Gasteiger partial charge in [-0.1, -0.05) is 42.5 Å². The maximum absolute atomic E-state index is 13.4. The fourth-order valence-electron chi connectivity index (χ4n) is 3.24. The zero-order valence-electron chi connectivity index (χ0n) is 15.7. The molecule has 0 fully saturated rings. The van der Waals surface area contributed by atoms with Gasteiger partial charge in [-0.3, -0.25) is 4.72 Å². The van der Waals surface area contributed by atoms with Crippen molar-refractivity contribution in [3.05, 3.63) is 78.5 Å². The summed E-state index contributed by atoms with van der Waals surface area (Å²) in [6.45, 7) is 0. The number of nitrogens with zero attached hydrogens (tertiary/aromatic N) is 2. The average molecular weight is 431 g/mol. The van der Waals surface area contributed by atoms with E-state index in [1.54, 1.807) is 12.1 Å². The van der Waals surface area contributed by atoms with Gasteiger partial charge in [0.1, 0.15) is 0 Å². The van der Waals surface area contributed by atoms with Crippen LogP contribution in [-0.2, 0) is 16.2 Å². The molecule has 1 N–H and O–H groups in total. The lowest BCUT2D eigenvalue weighted by Gasteiger charge is -2.11. The molecule has 5 nitrogen and oxygen atoms in total. The number of hydrogen-bond acceptors (Lipinski definition) is 3. The number of sulfonamides is 1. The molecule has 0 aliphatic carbocycles. The first-order valence-electron chi connectivity index (χ1n) is 8.85. The lowest BCUT2D eigenvalue weighted by atomic mass is 10.0. The highest BCUT2D eigenvalue weighted by atomic mass is 32.2. The van der Waals surface area contributed by atoms with Gasteiger partial charge < -0.3 is 0 Å². The number of hydrogen-bond donors (Lipinski definition) is 1. The van der Waals surface area contributed by atoms with Gasteiger partial charge in [0.05, 0.1) is 17.6 Å². The zero-order chi connectivity index (χ0) is 21.5. The Kier molecular flexibility index (Phi) is 4.77. The highest BCUT2D eigenvalue weighted by Crippen LogP contribution is 2.36. The van der Waals surface area contributed by atoms with E-state index in [4.69, 9.17) is 0 Å². The molecule has 0 bridgehead atoms. The van der Waals surface area contributed by atoms with Crippen LogP contribution in [0.4, 0.5) is 18.9 Å². The second kappa shape index (κ2) is 7.17. The topological polar surface area (TPSA) is 64.0 Å². The van der Waals surface area contributed by atoms with Crippen molar-refractivity contribution < 1.29 is 21.6 Å². The molecule has 30 heavy (non-hydrogen) atoms. The Morgan fingerprint density at radius 2 is 1.60 bits per heavy atom. The average Bonchev–Trinajstić information content (AvgIpc) is 3.12. The standard InChI is InChI=1S/C21H16F3N3O2S/c1-30(28,29)26-15-9-11-16(12-10-15)27-19(13-20(25-27)21(22,23)24)18-8-4-6-14-5-2-3-7-17(14)18/h2-13,26H,1H3. The molecule has 0 unspecified atom stereocenters. The van der Waals surface area contributed by atoms with Gasteiger partial charge in [-0.05, 0) is 41.1 Å². The Morgan fingerprint density at radius 1 is 0.933 bits per heavy atom. The minimum atomic E-state index is -4.61. The van der Waals surface area contributed by atoms with E-state index in [0.717, 1.165) is 23.1 Å². The minimum Gasteiger partial charge on any atom is -0.284 e. The summed E-state index contributed by atoms with van der Waals surface area (Å²) >= 11 is 0. The van der Waals surface area contributed by atoms with Crippen LogP contribution < -0.4 is 4.72 Å². The van der Waals surface area contributed by atoms with E-state index in [-0.39, 0.29) is 5.69 Å². The molecule has 0 amide bonds. The molecule has 4 rings (SSSR count). The summed E-state index contributed by atoms with van der Waals surface area (Å²) in [5.74, 6) is 0. The van der Waals surface area contributed by atoms with Gasteiger partial charge >= 0.3 is 6.18 Å². The van der Waals surface area contributed by atoms with Gasteiger partial charge in [-0.15, -0.1) is 0 Å². The third-order valence-electron chi connectivity index (χ3n) is 4.48. The van der Waals surface area contributed by atoms with Crippen molar-refractivity contribution in [1.82, 2.24) is 9.78 Å². The number of anilines is 1. The van der Waals surface area contributed by atoms with Crippen molar-refractivity contribution in [2.45, 2.75) is 6.18 Å². The summed E-state index contributed by atoms with van der Waals surface area (Å²) in [5, 5.41) is 5.48. The minimum absolute atomic E-state index is 0.281. The van der Waals surface area contributed by atoms with E-state index in [0.29, 0.717) is 16.9 Å². The van der Waals surface area contributed by atoms with Crippen LogP contribution >= 0.6 is 0 Å². The molecule has 3 aromatic carbocycles. The van der Waals surface area contributed by atoms with Gasteiger partial charge in [-0.25, -0.2) is 13.1 Å². The van der Waals surface area contributed by atoms with Crippen LogP contribution in [0, 0.1) is 0 Å². The van der Waals surface area contributed by atoms with E-state index in [9.17, 15) is 21.6 Å². The predicted octanol–water partition coefficient (Wildman–Crippen LogP) is 5.08. The molecule has 0 atom stereocenters. The van der Waals surface area contributed by atoms with E-state index in [2.05, 4.69) is 9.82 Å². The fraction of sp³-hybridized carbons (Fsp3) is 0.0952. The Morgan fingerprint density at radius 3 is 2.27 bits per heavy atom. The van der Waals surface area contributed by atoms with Gasteiger partial charge in [-0.2, -0.15) is 18.3 Å². The molecule has 0 saturated carbocycles. The van der Waals surface area contributed by atoms with E-state index in [1.165, 1.54) is 28.9 Å². The van der Waals surface area contributed by atoms with Crippen LogP contribution in [0.1, 0.15) is 5.69 Å². The van der Waals surface area contributed by atoms with Crippen molar-refractivity contribution in [3.8, 4) is 16.9 Å². The van der Waals surface area contributed by atoms with Gasteiger partial charge in [0.15, 0.2) is 5.69 Å². The Labute approximate surface area is 170 Å². The molecule has 4 aromatic rings. The van der Waals surface area contributed by atoms with Crippen LogP contribution in [0.3, 0.4) is 0 Å². The van der Waals surface area contributed by atoms with Crippen LogP contribution in [0.25, 0.3) is 27.7 Å². The third-order valence-corrected chi connectivity index (χ3v) is 5.09. The van der Waals surface area contributed by atoms with E-state index in [1.807, 2.05) is 30.3 Å². The summed E-state index contributed by atoms with van der Waals surface area (Å²) in [4.78, 5) is 0. The van der Waals surface area contributed by atoms with Crippen LogP contribution in [0.2, 0.25) is 0 Å². The summed E-state index contributed by atoms with van der Waals surface area (Å²) in [6.07, 6.45) is -3.59. The SMILES string of the molecule is CS(=O)(=O)Nc1ccc(-n2nc(C(F)(F)F)cc2-c2cccc3ccccc23)cc1. The zero-order valence-corrected chi connectivity index (χ0v) is 16.5.